The molecule has 70 valence electrons. The summed E-state index contributed by atoms with van der Waals surface area (Å²) < 4.78 is 5.53. The Labute approximate surface area is 74.7 Å². The Kier molecular flexibility index (Phi) is 2.66. The van der Waals surface area contributed by atoms with Crippen LogP contribution in [0.1, 0.15) is 25.7 Å². The van der Waals surface area contributed by atoms with Crippen molar-refractivity contribution in [2.45, 2.75) is 31.8 Å². The molecule has 0 radical (unpaired) electrons. The molecule has 2 rings (SSSR count). The summed E-state index contributed by atoms with van der Waals surface area (Å²) >= 11 is 0. The van der Waals surface area contributed by atoms with E-state index in [0.29, 0.717) is 6.10 Å². The Balaban J connectivity index is 1.99. The summed E-state index contributed by atoms with van der Waals surface area (Å²) in [7, 11) is 1.87. The number of nitrogens with one attached hydrogen (secondary N) is 1. The fourth-order valence-electron chi connectivity index (χ4n) is 2.84. The highest BCUT2D eigenvalue weighted by Gasteiger charge is 2.34. The Morgan fingerprint density at radius 3 is 3.00 bits per heavy atom. The number of rotatable bonds is 1. The molecule has 0 aromatic heterocycles. The van der Waals surface area contributed by atoms with Gasteiger partial charge in [0.15, 0.2) is 0 Å². The van der Waals surface area contributed by atoms with Gasteiger partial charge in [-0.3, -0.25) is 0 Å². The molecule has 0 aromatic carbocycles. The molecule has 2 fully saturated rings. The van der Waals surface area contributed by atoms with Gasteiger partial charge in [0.1, 0.15) is 0 Å². The van der Waals surface area contributed by atoms with Gasteiger partial charge in [-0.1, -0.05) is 6.42 Å². The molecule has 2 aliphatic rings. The maximum absolute atomic E-state index is 5.53. The average molecular weight is 169 g/mol. The highest BCUT2D eigenvalue weighted by molar-refractivity contribution is 4.87. The molecule has 1 saturated carbocycles. The van der Waals surface area contributed by atoms with Gasteiger partial charge in [-0.05, 0) is 44.2 Å². The molecule has 1 aliphatic heterocycles. The van der Waals surface area contributed by atoms with E-state index in [0.717, 1.165) is 11.8 Å². The van der Waals surface area contributed by atoms with Crippen molar-refractivity contribution in [3.63, 3.8) is 0 Å². The summed E-state index contributed by atoms with van der Waals surface area (Å²) in [5, 5.41) is 3.47. The predicted molar refractivity (Wildman–Crippen MR) is 49.1 cm³/mol. The molecule has 3 atom stereocenters. The lowest BCUT2D eigenvalue weighted by molar-refractivity contribution is -0.0163. The van der Waals surface area contributed by atoms with Crippen LogP contribution in [0.15, 0.2) is 0 Å². The molecule has 0 spiro atoms. The van der Waals surface area contributed by atoms with Gasteiger partial charge in [0.25, 0.3) is 0 Å². The zero-order valence-corrected chi connectivity index (χ0v) is 7.88. The fraction of sp³-hybridized carbons (Fsp3) is 1.00. The van der Waals surface area contributed by atoms with Crippen molar-refractivity contribution >= 4 is 0 Å². The van der Waals surface area contributed by atoms with Crippen LogP contribution in [0.4, 0.5) is 0 Å². The zero-order valence-electron chi connectivity index (χ0n) is 7.88. The SMILES string of the molecule is CO[C@@H]1CCCC2CNCCC21. The van der Waals surface area contributed by atoms with Gasteiger partial charge in [-0.2, -0.15) is 0 Å². The molecular weight excluding hydrogens is 150 g/mol. The number of piperidine rings is 1. The van der Waals surface area contributed by atoms with Crippen molar-refractivity contribution in [3.05, 3.63) is 0 Å². The molecule has 1 N–H and O–H groups in total. The standard InChI is InChI=1S/C10H19NO/c1-12-10-4-2-3-8-7-11-6-5-9(8)10/h8-11H,2-7H2,1H3/t8?,9?,10-/m1/s1. The lowest BCUT2D eigenvalue weighted by Gasteiger charge is -2.40. The van der Waals surface area contributed by atoms with Crippen LogP contribution >= 0.6 is 0 Å². The second-order valence-corrected chi connectivity index (χ2v) is 4.12. The van der Waals surface area contributed by atoms with Crippen molar-refractivity contribution < 1.29 is 4.74 Å². The molecular formula is C10H19NO. The Hall–Kier alpha value is -0.0800. The zero-order chi connectivity index (χ0) is 8.39. The first-order valence-electron chi connectivity index (χ1n) is 5.15. The summed E-state index contributed by atoms with van der Waals surface area (Å²) in [4.78, 5) is 0. The van der Waals surface area contributed by atoms with E-state index in [2.05, 4.69) is 5.32 Å². The van der Waals surface area contributed by atoms with Crippen LogP contribution in [0.5, 0.6) is 0 Å². The van der Waals surface area contributed by atoms with Crippen LogP contribution in [0, 0.1) is 11.8 Å². The molecule has 2 heteroatoms. The average Bonchev–Trinajstić information content (AvgIpc) is 2.17. The van der Waals surface area contributed by atoms with Crippen LogP contribution < -0.4 is 5.32 Å². The number of hydrogen-bond donors (Lipinski definition) is 1. The topological polar surface area (TPSA) is 21.3 Å². The van der Waals surface area contributed by atoms with Crippen molar-refractivity contribution in [3.8, 4) is 0 Å². The van der Waals surface area contributed by atoms with E-state index in [1.807, 2.05) is 7.11 Å². The summed E-state index contributed by atoms with van der Waals surface area (Å²) in [5.41, 5.74) is 0. The van der Waals surface area contributed by atoms with E-state index < -0.39 is 0 Å². The smallest absolute Gasteiger partial charge is 0.0603 e. The summed E-state index contributed by atoms with van der Waals surface area (Å²) in [6, 6.07) is 0. The largest absolute Gasteiger partial charge is 0.381 e. The molecule has 1 heterocycles. The minimum absolute atomic E-state index is 0.561. The Bertz CT molecular complexity index is 140. The minimum Gasteiger partial charge on any atom is -0.381 e. The van der Waals surface area contributed by atoms with Gasteiger partial charge in [0, 0.05) is 7.11 Å². The molecule has 2 unspecified atom stereocenters. The van der Waals surface area contributed by atoms with Gasteiger partial charge in [-0.25, -0.2) is 0 Å². The quantitative estimate of drug-likeness (QED) is 0.641. The molecule has 1 aliphatic carbocycles. The van der Waals surface area contributed by atoms with Gasteiger partial charge in [-0.15, -0.1) is 0 Å². The maximum Gasteiger partial charge on any atom is 0.0603 e. The third kappa shape index (κ3) is 1.50. The molecule has 0 aromatic rings. The molecule has 1 saturated heterocycles. The van der Waals surface area contributed by atoms with Crippen LogP contribution in [0.2, 0.25) is 0 Å². The van der Waals surface area contributed by atoms with E-state index in [1.54, 1.807) is 0 Å². The minimum atomic E-state index is 0.561. The van der Waals surface area contributed by atoms with Crippen LogP contribution in [0.3, 0.4) is 0 Å². The third-order valence-electron chi connectivity index (χ3n) is 3.51. The molecule has 12 heavy (non-hydrogen) atoms. The number of methoxy groups -OCH3 is 1. The summed E-state index contributed by atoms with van der Waals surface area (Å²) in [6.07, 6.45) is 5.95. The third-order valence-corrected chi connectivity index (χ3v) is 3.51. The first-order chi connectivity index (χ1) is 5.92. The molecule has 0 amide bonds. The first kappa shape index (κ1) is 8.52. The van der Waals surface area contributed by atoms with Gasteiger partial charge in [0.05, 0.1) is 6.10 Å². The molecule has 2 nitrogen and oxygen atoms in total. The van der Waals surface area contributed by atoms with Crippen LogP contribution in [-0.4, -0.2) is 26.3 Å². The normalized spacial score (nSPS) is 42.2. The second kappa shape index (κ2) is 3.75. The van der Waals surface area contributed by atoms with Crippen molar-refractivity contribution in [2.24, 2.45) is 11.8 Å². The summed E-state index contributed by atoms with van der Waals surface area (Å²) in [6.45, 7) is 2.42. The fourth-order valence-corrected chi connectivity index (χ4v) is 2.84. The first-order valence-corrected chi connectivity index (χ1v) is 5.15. The van der Waals surface area contributed by atoms with Crippen molar-refractivity contribution in [2.75, 3.05) is 20.2 Å². The highest BCUT2D eigenvalue weighted by atomic mass is 16.5. The van der Waals surface area contributed by atoms with E-state index in [9.17, 15) is 0 Å². The Morgan fingerprint density at radius 1 is 1.25 bits per heavy atom. The summed E-state index contributed by atoms with van der Waals surface area (Å²) in [5.74, 6) is 1.75. The van der Waals surface area contributed by atoms with Crippen LogP contribution in [-0.2, 0) is 4.74 Å². The van der Waals surface area contributed by atoms with Gasteiger partial charge in [0.2, 0.25) is 0 Å². The van der Waals surface area contributed by atoms with Crippen LogP contribution in [0.25, 0.3) is 0 Å². The number of fused-ring (bicyclic) bond motifs is 1. The van der Waals surface area contributed by atoms with Crippen molar-refractivity contribution in [1.29, 1.82) is 0 Å². The second-order valence-electron chi connectivity index (χ2n) is 4.12. The lowest BCUT2D eigenvalue weighted by Crippen LogP contribution is -2.44. The van der Waals surface area contributed by atoms with E-state index in [4.69, 9.17) is 4.74 Å². The maximum atomic E-state index is 5.53. The van der Waals surface area contributed by atoms with E-state index in [-0.39, 0.29) is 0 Å². The number of hydrogen-bond acceptors (Lipinski definition) is 2. The van der Waals surface area contributed by atoms with E-state index in [1.165, 1.54) is 38.8 Å². The van der Waals surface area contributed by atoms with Gasteiger partial charge < -0.3 is 10.1 Å². The van der Waals surface area contributed by atoms with Crippen molar-refractivity contribution in [1.82, 2.24) is 5.32 Å². The van der Waals surface area contributed by atoms with E-state index >= 15 is 0 Å². The predicted octanol–water partition coefficient (Wildman–Crippen LogP) is 1.41. The monoisotopic (exact) mass is 169 g/mol. The number of ether oxygens (including phenoxy) is 1. The Morgan fingerprint density at radius 2 is 2.17 bits per heavy atom. The molecule has 0 bridgehead atoms. The lowest BCUT2D eigenvalue weighted by atomic mass is 9.74. The highest BCUT2D eigenvalue weighted by Crippen LogP contribution is 2.35. The van der Waals surface area contributed by atoms with Gasteiger partial charge >= 0.3 is 0 Å².